The Balaban J connectivity index is 2.43. The molecule has 0 spiro atoms. The van der Waals surface area contributed by atoms with Crippen molar-refractivity contribution in [3.05, 3.63) is 24.0 Å². The molecule has 0 aliphatic carbocycles. The molecule has 2 rings (SSSR count). The van der Waals surface area contributed by atoms with Crippen LogP contribution < -0.4 is 0 Å². The third-order valence-corrected chi connectivity index (χ3v) is 8.14. The molecule has 1 saturated heterocycles. The lowest BCUT2D eigenvalue weighted by molar-refractivity contribution is -0.298. The average Bonchev–Trinajstić information content (AvgIpc) is 2.84. The zero-order chi connectivity index (χ0) is 29.7. The number of hydrogen-bond donors (Lipinski definition) is 2. The second-order valence-electron chi connectivity index (χ2n) is 12.4. The minimum atomic E-state index is -1.13. The number of rotatable bonds is 14. The third kappa shape index (κ3) is 8.50. The van der Waals surface area contributed by atoms with Gasteiger partial charge in [-0.15, -0.1) is 6.58 Å². The molecule has 226 valence electrons. The minimum Gasteiger partial charge on any atom is -0.456 e. The van der Waals surface area contributed by atoms with Crippen molar-refractivity contribution in [1.82, 2.24) is 4.90 Å². The highest BCUT2D eigenvalue weighted by Crippen LogP contribution is 2.41. The second-order valence-corrected chi connectivity index (χ2v) is 12.4. The van der Waals surface area contributed by atoms with Gasteiger partial charge in [-0.05, 0) is 58.9 Å². The molecule has 0 aromatic carbocycles. The van der Waals surface area contributed by atoms with Crippen LogP contribution in [-0.2, 0) is 28.5 Å². The Hall–Kier alpha value is -1.49. The minimum absolute atomic E-state index is 0.00264. The van der Waals surface area contributed by atoms with Crippen LogP contribution in [0.15, 0.2) is 24.0 Å². The first-order valence-corrected chi connectivity index (χ1v) is 14.2. The van der Waals surface area contributed by atoms with Crippen molar-refractivity contribution < 1.29 is 38.7 Å². The van der Waals surface area contributed by atoms with Gasteiger partial charge in [-0.2, -0.15) is 0 Å². The van der Waals surface area contributed by atoms with E-state index in [4.69, 9.17) is 23.7 Å². The normalized spacial score (nSPS) is 30.1. The van der Waals surface area contributed by atoms with Crippen LogP contribution >= 0.6 is 0 Å². The summed E-state index contributed by atoms with van der Waals surface area (Å²) in [6.45, 7) is 19.7. The lowest BCUT2D eigenvalue weighted by atomic mass is 9.80. The monoisotopic (exact) mass is 555 g/mol. The van der Waals surface area contributed by atoms with Gasteiger partial charge in [0.15, 0.2) is 6.29 Å². The Bertz CT molecular complexity index is 860. The van der Waals surface area contributed by atoms with E-state index in [1.54, 1.807) is 27.9 Å². The summed E-state index contributed by atoms with van der Waals surface area (Å²) >= 11 is 0. The van der Waals surface area contributed by atoms with E-state index in [2.05, 4.69) is 18.4 Å². The largest absolute Gasteiger partial charge is 0.456 e. The smallest absolute Gasteiger partial charge is 0.340 e. The number of hydrogen-bond acceptors (Lipinski definition) is 9. The zero-order valence-electron chi connectivity index (χ0n) is 25.7. The molecule has 9 atom stereocenters. The van der Waals surface area contributed by atoms with Crippen LogP contribution in [0, 0.1) is 17.8 Å². The predicted molar refractivity (Wildman–Crippen MR) is 150 cm³/mol. The van der Waals surface area contributed by atoms with E-state index in [9.17, 15) is 15.0 Å². The summed E-state index contributed by atoms with van der Waals surface area (Å²) in [4.78, 5) is 14.8. The van der Waals surface area contributed by atoms with Crippen molar-refractivity contribution in [2.24, 2.45) is 17.8 Å². The van der Waals surface area contributed by atoms with Crippen LogP contribution in [0.25, 0.3) is 0 Å². The highest BCUT2D eigenvalue weighted by atomic mass is 16.7. The molecule has 2 N–H and O–H groups in total. The topological polar surface area (TPSA) is 107 Å². The van der Waals surface area contributed by atoms with Crippen LogP contribution in [0.5, 0.6) is 0 Å². The van der Waals surface area contributed by atoms with Gasteiger partial charge in [-0.1, -0.05) is 26.8 Å². The molecular formula is C30H53NO8. The molecule has 0 amide bonds. The quantitative estimate of drug-likeness (QED) is 0.243. The predicted octanol–water partition coefficient (Wildman–Crippen LogP) is 4.02. The molecule has 0 radical (unpaired) electrons. The second kappa shape index (κ2) is 13.9. The lowest BCUT2D eigenvalue weighted by Crippen LogP contribution is -2.55. The van der Waals surface area contributed by atoms with E-state index < -0.39 is 41.8 Å². The van der Waals surface area contributed by atoms with Crippen molar-refractivity contribution in [1.29, 1.82) is 0 Å². The number of carbonyl (C=O) groups excluding carboxylic acids is 1. The summed E-state index contributed by atoms with van der Waals surface area (Å²) in [6.07, 6.45) is 1.45. The zero-order valence-corrected chi connectivity index (χ0v) is 25.7. The van der Waals surface area contributed by atoms with Gasteiger partial charge in [0, 0.05) is 39.5 Å². The molecule has 39 heavy (non-hydrogen) atoms. The van der Waals surface area contributed by atoms with Gasteiger partial charge in [0.25, 0.3) is 0 Å². The first kappa shape index (κ1) is 33.7. The number of esters is 1. The molecule has 9 nitrogen and oxygen atoms in total. The van der Waals surface area contributed by atoms with Crippen molar-refractivity contribution in [2.45, 2.75) is 117 Å². The summed E-state index contributed by atoms with van der Waals surface area (Å²) in [6, 6.07) is -0.0184. The van der Waals surface area contributed by atoms with E-state index in [0.717, 1.165) is 6.42 Å². The third-order valence-electron chi connectivity index (χ3n) is 8.14. The van der Waals surface area contributed by atoms with Crippen LogP contribution in [0.4, 0.5) is 0 Å². The number of ether oxygens (including phenoxy) is 5. The maximum atomic E-state index is 12.7. The summed E-state index contributed by atoms with van der Waals surface area (Å²) in [5.41, 5.74) is -0.467. The number of nitrogens with zero attached hydrogens (tertiary/aromatic N) is 1. The van der Waals surface area contributed by atoms with Gasteiger partial charge in [0.2, 0.25) is 5.79 Å². The van der Waals surface area contributed by atoms with Crippen LogP contribution in [0.3, 0.4) is 0 Å². The van der Waals surface area contributed by atoms with Gasteiger partial charge in [0.05, 0.1) is 30.0 Å². The summed E-state index contributed by atoms with van der Waals surface area (Å²) in [7, 11) is 3.65. The maximum absolute atomic E-state index is 12.7. The fourth-order valence-corrected chi connectivity index (χ4v) is 5.98. The summed E-state index contributed by atoms with van der Waals surface area (Å²) in [5, 5.41) is 20.8. The molecule has 2 aliphatic heterocycles. The Kier molecular flexibility index (Phi) is 12.0. The number of aliphatic hydroxyl groups excluding tert-OH is 2. The Labute approximate surface area is 235 Å². The van der Waals surface area contributed by atoms with Gasteiger partial charge in [-0.3, -0.25) is 0 Å². The van der Waals surface area contributed by atoms with Crippen molar-refractivity contribution in [2.75, 3.05) is 27.3 Å². The molecular weight excluding hydrogens is 502 g/mol. The SMILES string of the molecule is C=CC[C@@H](CO)N(C)C[C@H](C)C[C@@](C)(OC)[C@H](O[C@@H]1O[C@H](C)C[C@H](C)[C@H]1O)[C@@H](C)C1=C(C)C(=O)OC(C)(C)O1. The van der Waals surface area contributed by atoms with Gasteiger partial charge in [0.1, 0.15) is 11.9 Å². The summed E-state index contributed by atoms with van der Waals surface area (Å²) < 4.78 is 30.6. The van der Waals surface area contributed by atoms with E-state index in [1.165, 1.54) is 0 Å². The average molecular weight is 556 g/mol. The Morgan fingerprint density at radius 2 is 1.92 bits per heavy atom. The van der Waals surface area contributed by atoms with Gasteiger partial charge >= 0.3 is 5.97 Å². The molecule has 1 fully saturated rings. The molecule has 0 unspecified atom stereocenters. The first-order valence-electron chi connectivity index (χ1n) is 14.2. The molecule has 0 bridgehead atoms. The fourth-order valence-electron chi connectivity index (χ4n) is 5.98. The number of carbonyl (C=O) groups is 1. The van der Waals surface area contributed by atoms with Crippen molar-refractivity contribution in [3.63, 3.8) is 0 Å². The highest BCUT2D eigenvalue weighted by Gasteiger charge is 2.48. The van der Waals surface area contributed by atoms with Crippen LogP contribution in [-0.4, -0.2) is 90.4 Å². The lowest BCUT2D eigenvalue weighted by Gasteiger charge is -2.47. The van der Waals surface area contributed by atoms with Crippen molar-refractivity contribution >= 4 is 5.97 Å². The first-order chi connectivity index (χ1) is 18.1. The van der Waals surface area contributed by atoms with Crippen LogP contribution in [0.1, 0.15) is 74.7 Å². The molecule has 9 heteroatoms. The summed E-state index contributed by atoms with van der Waals surface area (Å²) in [5.74, 6) is -1.37. The van der Waals surface area contributed by atoms with E-state index >= 15 is 0 Å². The standard InChI is InChI=1S/C30H53NO8/c1-12-13-23(17-32)31(10)16-18(2)15-30(9,35-11)26(37-28-24(33)19(3)14-20(4)36-28)21(5)25-22(6)27(34)39-29(7,8)38-25/h12,18-21,23-24,26,28,32-33H,1,13-17H2,2-11H3/t18-,19+,20-,21+,23+,24-,26-,28+,30-/m1/s1. The Morgan fingerprint density at radius 1 is 1.28 bits per heavy atom. The van der Waals surface area contributed by atoms with Gasteiger partial charge in [-0.25, -0.2) is 4.79 Å². The fraction of sp³-hybridized carbons (Fsp3) is 0.833. The molecule has 2 aliphatic rings. The van der Waals surface area contributed by atoms with E-state index in [1.807, 2.05) is 40.8 Å². The van der Waals surface area contributed by atoms with Gasteiger partial charge < -0.3 is 38.8 Å². The van der Waals surface area contributed by atoms with E-state index in [-0.39, 0.29) is 30.6 Å². The molecule has 2 heterocycles. The van der Waals surface area contributed by atoms with E-state index in [0.29, 0.717) is 30.7 Å². The number of aliphatic hydroxyl groups is 2. The number of methoxy groups -OCH3 is 1. The molecule has 0 aromatic rings. The Morgan fingerprint density at radius 3 is 2.49 bits per heavy atom. The highest BCUT2D eigenvalue weighted by molar-refractivity contribution is 5.89. The van der Waals surface area contributed by atoms with Crippen molar-refractivity contribution in [3.8, 4) is 0 Å². The molecule has 0 aromatic heterocycles. The number of cyclic esters (lactones) is 1. The molecule has 0 saturated carbocycles. The number of likely N-dealkylation sites (N-methyl/N-ethyl adjacent to an activating group) is 1. The van der Waals surface area contributed by atoms with Crippen LogP contribution in [0.2, 0.25) is 0 Å². The maximum Gasteiger partial charge on any atom is 0.340 e.